The number of halogens is 1. The molecular weight excluding hydrogens is 276 g/mol. The molecule has 2 rings (SSSR count). The number of anilines is 1. The van der Waals surface area contributed by atoms with Crippen LogP contribution in [0.25, 0.3) is 0 Å². The number of piperidine rings is 1. The van der Waals surface area contributed by atoms with E-state index in [1.807, 2.05) is 12.3 Å². The number of rotatable bonds is 3. The lowest BCUT2D eigenvalue weighted by Crippen LogP contribution is -2.40. The average Bonchev–Trinajstić information content (AvgIpc) is 2.40. The van der Waals surface area contributed by atoms with Crippen molar-refractivity contribution in [1.29, 1.82) is 0 Å². The van der Waals surface area contributed by atoms with Crippen molar-refractivity contribution in [2.75, 3.05) is 18.0 Å². The molecule has 1 aromatic heterocycles. The van der Waals surface area contributed by atoms with E-state index in [0.29, 0.717) is 5.41 Å². The Balaban J connectivity index is 2.07. The number of hydrogen-bond acceptors (Lipinski definition) is 2. The van der Waals surface area contributed by atoms with Crippen molar-refractivity contribution >= 4 is 21.7 Å². The maximum Gasteiger partial charge on any atom is 0.142 e. The van der Waals surface area contributed by atoms with Gasteiger partial charge in [0, 0.05) is 19.3 Å². The van der Waals surface area contributed by atoms with E-state index >= 15 is 0 Å². The first-order valence-corrected chi connectivity index (χ1v) is 7.35. The minimum absolute atomic E-state index is 0.581. The highest BCUT2D eigenvalue weighted by molar-refractivity contribution is 9.10. The molecule has 1 aliphatic rings. The highest BCUT2D eigenvalue weighted by atomic mass is 79.9. The lowest BCUT2D eigenvalue weighted by molar-refractivity contribution is 0.199. The van der Waals surface area contributed by atoms with Crippen LogP contribution in [-0.4, -0.2) is 18.1 Å². The van der Waals surface area contributed by atoms with Crippen molar-refractivity contribution in [1.82, 2.24) is 4.98 Å². The van der Waals surface area contributed by atoms with Gasteiger partial charge in [0.15, 0.2) is 0 Å². The van der Waals surface area contributed by atoms with Crippen molar-refractivity contribution in [3.63, 3.8) is 0 Å². The van der Waals surface area contributed by atoms with E-state index in [9.17, 15) is 0 Å². The monoisotopic (exact) mass is 296 g/mol. The Morgan fingerprint density at radius 1 is 1.29 bits per heavy atom. The second kappa shape index (κ2) is 5.38. The molecule has 0 aliphatic carbocycles. The predicted molar refractivity (Wildman–Crippen MR) is 76.4 cm³/mol. The molecule has 2 heterocycles. The van der Waals surface area contributed by atoms with Gasteiger partial charge >= 0.3 is 0 Å². The molecule has 1 aromatic rings. The van der Waals surface area contributed by atoms with Crippen LogP contribution in [-0.2, 0) is 0 Å². The van der Waals surface area contributed by atoms with Gasteiger partial charge in [-0.3, -0.25) is 0 Å². The smallest absolute Gasteiger partial charge is 0.142 e. The molecule has 0 N–H and O–H groups in total. The van der Waals surface area contributed by atoms with Gasteiger partial charge in [0.1, 0.15) is 5.82 Å². The molecule has 17 heavy (non-hydrogen) atoms. The molecular formula is C14H21BrN2. The van der Waals surface area contributed by atoms with Crippen LogP contribution in [0.2, 0.25) is 0 Å². The molecule has 0 radical (unpaired) electrons. The number of aromatic nitrogens is 1. The Kier molecular flexibility index (Phi) is 4.08. The van der Waals surface area contributed by atoms with Crippen LogP contribution in [0.4, 0.5) is 5.82 Å². The molecule has 1 saturated heterocycles. The molecule has 0 atom stereocenters. The van der Waals surface area contributed by atoms with Crippen LogP contribution in [0.1, 0.15) is 39.5 Å². The summed E-state index contributed by atoms with van der Waals surface area (Å²) in [4.78, 5) is 6.89. The number of nitrogens with zero attached hydrogens (tertiary/aromatic N) is 2. The van der Waals surface area contributed by atoms with Gasteiger partial charge in [-0.15, -0.1) is 0 Å². The maximum absolute atomic E-state index is 4.48. The fourth-order valence-corrected chi connectivity index (χ4v) is 3.27. The van der Waals surface area contributed by atoms with Gasteiger partial charge in [0.05, 0.1) is 4.47 Å². The van der Waals surface area contributed by atoms with Crippen LogP contribution in [0.5, 0.6) is 0 Å². The molecule has 0 spiro atoms. The zero-order chi connectivity index (χ0) is 12.3. The Labute approximate surface area is 113 Å². The summed E-state index contributed by atoms with van der Waals surface area (Å²) in [6, 6.07) is 4.05. The van der Waals surface area contributed by atoms with Crippen molar-refractivity contribution in [3.8, 4) is 0 Å². The van der Waals surface area contributed by atoms with Crippen LogP contribution >= 0.6 is 15.9 Å². The summed E-state index contributed by atoms with van der Waals surface area (Å²) in [5.41, 5.74) is 0.581. The van der Waals surface area contributed by atoms with Crippen LogP contribution < -0.4 is 4.90 Å². The Morgan fingerprint density at radius 2 is 1.94 bits per heavy atom. The van der Waals surface area contributed by atoms with Gasteiger partial charge in [-0.2, -0.15) is 0 Å². The van der Waals surface area contributed by atoms with Gasteiger partial charge in [-0.05, 0) is 46.3 Å². The third-order valence-electron chi connectivity index (χ3n) is 4.36. The molecule has 1 aliphatic heterocycles. The zero-order valence-electron chi connectivity index (χ0n) is 10.7. The first-order valence-electron chi connectivity index (χ1n) is 6.56. The first-order chi connectivity index (χ1) is 8.21. The summed E-state index contributed by atoms with van der Waals surface area (Å²) < 4.78 is 1.11. The molecule has 2 nitrogen and oxygen atoms in total. The SMILES string of the molecule is CCC1(CC)CCN(c2ncccc2Br)CC1. The second-order valence-electron chi connectivity index (χ2n) is 5.00. The van der Waals surface area contributed by atoms with Gasteiger partial charge in [-0.1, -0.05) is 26.7 Å². The van der Waals surface area contributed by atoms with Gasteiger partial charge in [0.25, 0.3) is 0 Å². The molecule has 0 bridgehead atoms. The topological polar surface area (TPSA) is 16.1 Å². The lowest BCUT2D eigenvalue weighted by atomic mass is 9.74. The zero-order valence-corrected chi connectivity index (χ0v) is 12.3. The van der Waals surface area contributed by atoms with Crippen LogP contribution in [0, 0.1) is 5.41 Å². The molecule has 1 fully saturated rings. The number of pyridine rings is 1. The number of hydrogen-bond donors (Lipinski definition) is 0. The molecule has 0 aromatic carbocycles. The van der Waals surface area contributed by atoms with E-state index in [1.54, 1.807) is 0 Å². The van der Waals surface area contributed by atoms with E-state index in [1.165, 1.54) is 25.7 Å². The quantitative estimate of drug-likeness (QED) is 0.829. The van der Waals surface area contributed by atoms with Crippen molar-refractivity contribution in [2.45, 2.75) is 39.5 Å². The Hall–Kier alpha value is -0.570. The molecule has 0 saturated carbocycles. The fraction of sp³-hybridized carbons (Fsp3) is 0.643. The fourth-order valence-electron chi connectivity index (χ4n) is 2.76. The van der Waals surface area contributed by atoms with Gasteiger partial charge in [0.2, 0.25) is 0 Å². The van der Waals surface area contributed by atoms with Crippen molar-refractivity contribution < 1.29 is 0 Å². The summed E-state index contributed by atoms with van der Waals surface area (Å²) in [7, 11) is 0. The summed E-state index contributed by atoms with van der Waals surface area (Å²) >= 11 is 3.59. The second-order valence-corrected chi connectivity index (χ2v) is 5.86. The van der Waals surface area contributed by atoms with Gasteiger partial charge in [-0.25, -0.2) is 4.98 Å². The highest BCUT2D eigenvalue weighted by Crippen LogP contribution is 2.39. The third-order valence-corrected chi connectivity index (χ3v) is 4.98. The van der Waals surface area contributed by atoms with E-state index in [4.69, 9.17) is 0 Å². The Bertz CT molecular complexity index is 364. The largest absolute Gasteiger partial charge is 0.356 e. The third kappa shape index (κ3) is 2.65. The van der Waals surface area contributed by atoms with Crippen molar-refractivity contribution in [2.24, 2.45) is 5.41 Å². The molecule has 3 heteroatoms. The van der Waals surface area contributed by atoms with Gasteiger partial charge < -0.3 is 4.90 Å². The standard InChI is InChI=1S/C14H21BrN2/c1-3-14(4-2)7-10-17(11-8-14)13-12(15)6-5-9-16-13/h5-6,9H,3-4,7-8,10-11H2,1-2H3. The summed E-state index contributed by atoms with van der Waals surface area (Å²) in [5.74, 6) is 1.10. The van der Waals surface area contributed by atoms with Crippen LogP contribution in [0.15, 0.2) is 22.8 Å². The maximum atomic E-state index is 4.48. The molecule has 94 valence electrons. The molecule has 0 amide bonds. The normalized spacial score (nSPS) is 19.4. The minimum Gasteiger partial charge on any atom is -0.356 e. The summed E-state index contributed by atoms with van der Waals surface area (Å²) in [6.07, 6.45) is 7.08. The first kappa shape index (κ1) is 12.9. The highest BCUT2D eigenvalue weighted by Gasteiger charge is 2.31. The van der Waals surface area contributed by atoms with Crippen molar-refractivity contribution in [3.05, 3.63) is 22.8 Å². The van der Waals surface area contributed by atoms with E-state index in [0.717, 1.165) is 23.4 Å². The van der Waals surface area contributed by atoms with E-state index in [2.05, 4.69) is 45.7 Å². The average molecular weight is 297 g/mol. The van der Waals surface area contributed by atoms with E-state index in [-0.39, 0.29) is 0 Å². The summed E-state index contributed by atoms with van der Waals surface area (Å²) in [6.45, 7) is 6.93. The summed E-state index contributed by atoms with van der Waals surface area (Å²) in [5, 5.41) is 0. The lowest BCUT2D eigenvalue weighted by Gasteiger charge is -2.41. The predicted octanol–water partition coefficient (Wildman–Crippen LogP) is 4.25. The Morgan fingerprint density at radius 3 is 2.47 bits per heavy atom. The molecule has 0 unspecified atom stereocenters. The van der Waals surface area contributed by atoms with Crippen LogP contribution in [0.3, 0.4) is 0 Å². The van der Waals surface area contributed by atoms with E-state index < -0.39 is 0 Å². The minimum atomic E-state index is 0.581.